The molecular weight excluding hydrogens is 316 g/mol. The molecule has 2 heterocycles. The maximum absolute atomic E-state index is 5.86. The number of nitrogens with zero attached hydrogens (tertiary/aromatic N) is 3. The van der Waals surface area contributed by atoms with Crippen LogP contribution in [0, 0.1) is 0 Å². The minimum absolute atomic E-state index is 0.487. The zero-order chi connectivity index (χ0) is 17.3. The maximum Gasteiger partial charge on any atom is 0.161 e. The van der Waals surface area contributed by atoms with Gasteiger partial charge in [-0.3, -0.25) is 4.98 Å². The number of nitrogens with one attached hydrogen (secondary N) is 1. The molecule has 1 aromatic carbocycles. The second-order valence-corrected chi connectivity index (χ2v) is 5.61. The molecule has 0 saturated heterocycles. The Bertz CT molecular complexity index is 760. The summed E-state index contributed by atoms with van der Waals surface area (Å²) >= 11 is 0. The van der Waals surface area contributed by atoms with Gasteiger partial charge in [0.1, 0.15) is 6.61 Å². The van der Waals surface area contributed by atoms with Gasteiger partial charge >= 0.3 is 0 Å². The molecule has 0 unspecified atom stereocenters. The Morgan fingerprint density at radius 2 is 1.88 bits per heavy atom. The third kappa shape index (κ3) is 5.06. The van der Waals surface area contributed by atoms with Gasteiger partial charge in [0.2, 0.25) is 0 Å². The fourth-order valence-electron chi connectivity index (χ4n) is 2.44. The van der Waals surface area contributed by atoms with Crippen molar-refractivity contribution in [3.05, 3.63) is 72.6 Å². The summed E-state index contributed by atoms with van der Waals surface area (Å²) in [5, 5.41) is 3.42. The summed E-state index contributed by atoms with van der Waals surface area (Å²) in [4.78, 5) is 8.04. The molecule has 3 aromatic rings. The van der Waals surface area contributed by atoms with Gasteiger partial charge < -0.3 is 19.4 Å². The normalized spacial score (nSPS) is 10.6. The fourth-order valence-corrected chi connectivity index (χ4v) is 2.44. The largest absolute Gasteiger partial charge is 0.493 e. The van der Waals surface area contributed by atoms with Crippen LogP contribution >= 0.6 is 0 Å². The first-order chi connectivity index (χ1) is 12.3. The standard InChI is InChI=1S/C19H22N4O2/c1-24-19-12-17(13-21-8-10-23-11-9-22-15-23)2-3-18(19)25-14-16-4-6-20-7-5-16/h2-7,9,11-12,15,21H,8,10,13-14H2,1H3. The van der Waals surface area contributed by atoms with E-state index < -0.39 is 0 Å². The van der Waals surface area contributed by atoms with Crippen LogP contribution in [0.4, 0.5) is 0 Å². The third-order valence-electron chi connectivity index (χ3n) is 3.81. The summed E-state index contributed by atoms with van der Waals surface area (Å²) in [6.07, 6.45) is 9.08. The molecule has 0 fully saturated rings. The molecule has 0 amide bonds. The van der Waals surface area contributed by atoms with E-state index in [9.17, 15) is 0 Å². The van der Waals surface area contributed by atoms with Crippen LogP contribution in [0.1, 0.15) is 11.1 Å². The lowest BCUT2D eigenvalue weighted by Gasteiger charge is -2.13. The Morgan fingerprint density at radius 3 is 2.64 bits per heavy atom. The van der Waals surface area contributed by atoms with Crippen molar-refractivity contribution in [2.24, 2.45) is 0 Å². The molecule has 0 aliphatic carbocycles. The van der Waals surface area contributed by atoms with Gasteiger partial charge in [0.05, 0.1) is 13.4 Å². The SMILES string of the molecule is COc1cc(CNCCn2ccnc2)ccc1OCc1ccncc1. The van der Waals surface area contributed by atoms with Gasteiger partial charge in [-0.15, -0.1) is 0 Å². The summed E-state index contributed by atoms with van der Waals surface area (Å²) in [6, 6.07) is 9.88. The number of methoxy groups -OCH3 is 1. The van der Waals surface area contributed by atoms with E-state index in [1.807, 2.05) is 41.4 Å². The lowest BCUT2D eigenvalue weighted by atomic mass is 10.2. The van der Waals surface area contributed by atoms with E-state index in [1.54, 1.807) is 25.7 Å². The second-order valence-electron chi connectivity index (χ2n) is 5.61. The minimum atomic E-state index is 0.487. The molecule has 130 valence electrons. The van der Waals surface area contributed by atoms with Gasteiger partial charge in [0.25, 0.3) is 0 Å². The van der Waals surface area contributed by atoms with Crippen LogP contribution in [-0.4, -0.2) is 28.2 Å². The number of hydrogen-bond donors (Lipinski definition) is 1. The summed E-state index contributed by atoms with van der Waals surface area (Å²) in [6.45, 7) is 3.03. The highest BCUT2D eigenvalue weighted by molar-refractivity contribution is 5.43. The molecule has 0 spiro atoms. The van der Waals surface area contributed by atoms with Crippen molar-refractivity contribution in [1.82, 2.24) is 19.9 Å². The molecule has 0 aliphatic rings. The first-order valence-corrected chi connectivity index (χ1v) is 8.20. The average Bonchev–Trinajstić information content (AvgIpc) is 3.18. The molecule has 25 heavy (non-hydrogen) atoms. The summed E-state index contributed by atoms with van der Waals surface area (Å²) < 4.78 is 13.4. The molecule has 0 atom stereocenters. The van der Waals surface area contributed by atoms with Gasteiger partial charge in [0, 0.05) is 44.4 Å². The van der Waals surface area contributed by atoms with Crippen molar-refractivity contribution in [3.63, 3.8) is 0 Å². The van der Waals surface area contributed by atoms with Crippen LogP contribution in [0.2, 0.25) is 0 Å². The van der Waals surface area contributed by atoms with Crippen molar-refractivity contribution < 1.29 is 9.47 Å². The molecule has 1 N–H and O–H groups in total. The Labute approximate surface area is 147 Å². The Kier molecular flexibility index (Phi) is 6.01. The molecule has 0 radical (unpaired) electrons. The molecule has 0 bridgehead atoms. The van der Waals surface area contributed by atoms with E-state index in [-0.39, 0.29) is 0 Å². The Hall–Kier alpha value is -2.86. The van der Waals surface area contributed by atoms with E-state index in [2.05, 4.69) is 21.4 Å². The van der Waals surface area contributed by atoms with E-state index in [0.717, 1.165) is 42.3 Å². The molecule has 2 aromatic heterocycles. The van der Waals surface area contributed by atoms with Gasteiger partial charge in [-0.25, -0.2) is 4.98 Å². The molecule has 6 heteroatoms. The number of rotatable bonds is 9. The van der Waals surface area contributed by atoms with Crippen LogP contribution in [0.5, 0.6) is 11.5 Å². The van der Waals surface area contributed by atoms with Crippen molar-refractivity contribution in [2.75, 3.05) is 13.7 Å². The van der Waals surface area contributed by atoms with Crippen LogP contribution in [0.3, 0.4) is 0 Å². The number of imidazole rings is 1. The topological polar surface area (TPSA) is 61.2 Å². The summed E-state index contributed by atoms with van der Waals surface area (Å²) in [7, 11) is 1.66. The number of aromatic nitrogens is 3. The number of ether oxygens (including phenoxy) is 2. The van der Waals surface area contributed by atoms with Gasteiger partial charge in [-0.2, -0.15) is 0 Å². The first-order valence-electron chi connectivity index (χ1n) is 8.20. The zero-order valence-electron chi connectivity index (χ0n) is 14.3. The van der Waals surface area contributed by atoms with Crippen molar-refractivity contribution in [1.29, 1.82) is 0 Å². The highest BCUT2D eigenvalue weighted by Gasteiger charge is 2.06. The fraction of sp³-hybridized carbons (Fsp3) is 0.263. The summed E-state index contributed by atoms with van der Waals surface area (Å²) in [5.74, 6) is 1.48. The van der Waals surface area contributed by atoms with E-state index >= 15 is 0 Å². The smallest absolute Gasteiger partial charge is 0.161 e. The van der Waals surface area contributed by atoms with Gasteiger partial charge in [-0.05, 0) is 35.4 Å². The number of hydrogen-bond acceptors (Lipinski definition) is 5. The van der Waals surface area contributed by atoms with Crippen molar-refractivity contribution in [2.45, 2.75) is 19.7 Å². The predicted molar refractivity (Wildman–Crippen MR) is 95.5 cm³/mol. The second kappa shape index (κ2) is 8.84. The molecular formula is C19H22N4O2. The third-order valence-corrected chi connectivity index (χ3v) is 3.81. The number of pyridine rings is 1. The van der Waals surface area contributed by atoms with Crippen LogP contribution in [0.25, 0.3) is 0 Å². The van der Waals surface area contributed by atoms with Crippen LogP contribution in [0.15, 0.2) is 61.4 Å². The van der Waals surface area contributed by atoms with Crippen LogP contribution in [-0.2, 0) is 19.7 Å². The first kappa shape index (κ1) is 17.0. The van der Waals surface area contributed by atoms with Gasteiger partial charge in [-0.1, -0.05) is 6.07 Å². The molecule has 3 rings (SSSR count). The van der Waals surface area contributed by atoms with E-state index in [1.165, 1.54) is 0 Å². The molecule has 6 nitrogen and oxygen atoms in total. The maximum atomic E-state index is 5.86. The highest BCUT2D eigenvalue weighted by Crippen LogP contribution is 2.28. The Balaban J connectivity index is 1.52. The highest BCUT2D eigenvalue weighted by atomic mass is 16.5. The predicted octanol–water partition coefficient (Wildman–Crippen LogP) is 2.66. The Morgan fingerprint density at radius 1 is 1.00 bits per heavy atom. The van der Waals surface area contributed by atoms with Crippen LogP contribution < -0.4 is 14.8 Å². The van der Waals surface area contributed by atoms with Crippen molar-refractivity contribution in [3.8, 4) is 11.5 Å². The zero-order valence-corrected chi connectivity index (χ0v) is 14.3. The monoisotopic (exact) mass is 338 g/mol. The lowest BCUT2D eigenvalue weighted by Crippen LogP contribution is -2.19. The lowest BCUT2D eigenvalue weighted by molar-refractivity contribution is 0.284. The summed E-state index contributed by atoms with van der Waals surface area (Å²) in [5.41, 5.74) is 2.22. The average molecular weight is 338 g/mol. The van der Waals surface area contributed by atoms with E-state index in [0.29, 0.717) is 6.61 Å². The van der Waals surface area contributed by atoms with E-state index in [4.69, 9.17) is 9.47 Å². The quantitative estimate of drug-likeness (QED) is 0.608. The minimum Gasteiger partial charge on any atom is -0.493 e. The van der Waals surface area contributed by atoms with Gasteiger partial charge in [0.15, 0.2) is 11.5 Å². The molecule has 0 aliphatic heterocycles. The van der Waals surface area contributed by atoms with Crippen molar-refractivity contribution >= 4 is 0 Å². The molecule has 0 saturated carbocycles. The number of benzene rings is 1.